The zero-order valence-corrected chi connectivity index (χ0v) is 11.1. The van der Waals surface area contributed by atoms with Crippen molar-refractivity contribution in [2.45, 2.75) is 39.5 Å². The van der Waals surface area contributed by atoms with E-state index >= 15 is 0 Å². The number of carbonyl (C=O) groups excluding carboxylic acids is 1. The third-order valence-electron chi connectivity index (χ3n) is 3.50. The summed E-state index contributed by atoms with van der Waals surface area (Å²) >= 11 is 0. The monoisotopic (exact) mass is 244 g/mol. The average Bonchev–Trinajstić information content (AvgIpc) is 2.24. The molecule has 0 aromatic heterocycles. The van der Waals surface area contributed by atoms with E-state index in [1.165, 1.54) is 19.3 Å². The number of ketones is 1. The van der Waals surface area contributed by atoms with Crippen molar-refractivity contribution >= 4 is 12.0 Å². The van der Waals surface area contributed by atoms with Crippen LogP contribution in [0.3, 0.4) is 0 Å². The summed E-state index contributed by atoms with van der Waals surface area (Å²) < 4.78 is 0. The van der Waals surface area contributed by atoms with Crippen LogP contribution in [-0.4, -0.2) is 16.9 Å². The van der Waals surface area contributed by atoms with E-state index in [9.17, 15) is 4.79 Å². The lowest BCUT2D eigenvalue weighted by Crippen LogP contribution is -2.33. The van der Waals surface area contributed by atoms with Gasteiger partial charge >= 0.3 is 0 Å². The van der Waals surface area contributed by atoms with Gasteiger partial charge in [-0.25, -0.2) is 0 Å². The highest BCUT2D eigenvalue weighted by Crippen LogP contribution is 2.38. The molecule has 1 heterocycles. The van der Waals surface area contributed by atoms with E-state index < -0.39 is 0 Å². The van der Waals surface area contributed by atoms with E-state index in [2.05, 4.69) is 11.6 Å². The summed E-state index contributed by atoms with van der Waals surface area (Å²) in [6.07, 6.45) is 10.0. The largest absolute Gasteiger partial charge is 0.308 e. The van der Waals surface area contributed by atoms with Crippen LogP contribution in [0.15, 0.2) is 40.9 Å². The molecule has 0 aromatic carbocycles. The van der Waals surface area contributed by atoms with Crippen molar-refractivity contribution in [1.29, 1.82) is 0 Å². The van der Waals surface area contributed by atoms with Gasteiger partial charge in [0.25, 0.3) is 0 Å². The number of allylic oxidation sites excluding steroid dienone is 4. The van der Waals surface area contributed by atoms with Crippen LogP contribution >= 0.6 is 0 Å². The van der Waals surface area contributed by atoms with Crippen molar-refractivity contribution in [3.63, 3.8) is 0 Å². The third-order valence-corrected chi connectivity index (χ3v) is 3.50. The Morgan fingerprint density at radius 1 is 1.61 bits per heavy atom. The maximum atomic E-state index is 11.8. The summed E-state index contributed by atoms with van der Waals surface area (Å²) in [5, 5.41) is 0. The number of carbonyl (C=O) groups is 1. The molecule has 0 spiro atoms. The van der Waals surface area contributed by atoms with E-state index in [4.69, 9.17) is 0 Å². The number of Topliss-reactive ketones (excluding diaryl/α,β-unsaturated/α-hetero) is 1. The van der Waals surface area contributed by atoms with Crippen molar-refractivity contribution in [3.8, 4) is 0 Å². The first-order valence-corrected chi connectivity index (χ1v) is 6.58. The van der Waals surface area contributed by atoms with Gasteiger partial charge in [0.05, 0.1) is 17.6 Å². The van der Waals surface area contributed by atoms with Gasteiger partial charge in [-0.05, 0) is 19.3 Å². The van der Waals surface area contributed by atoms with Gasteiger partial charge in [-0.15, -0.1) is 0 Å². The molecule has 0 saturated heterocycles. The number of rotatable bonds is 4. The molecule has 0 atom stereocenters. The second-order valence-corrected chi connectivity index (χ2v) is 4.84. The first-order chi connectivity index (χ1) is 8.65. The van der Waals surface area contributed by atoms with Crippen LogP contribution in [0.1, 0.15) is 39.5 Å². The van der Waals surface area contributed by atoms with Gasteiger partial charge in [-0.1, -0.05) is 26.0 Å². The van der Waals surface area contributed by atoms with Crippen molar-refractivity contribution in [3.05, 3.63) is 35.9 Å². The molecule has 1 aliphatic heterocycles. The van der Waals surface area contributed by atoms with Gasteiger partial charge in [0.15, 0.2) is 5.78 Å². The molecular weight excluding hydrogens is 224 g/mol. The molecule has 2 aliphatic rings. The lowest BCUT2D eigenvalue weighted by molar-refractivity contribution is -0.114. The van der Waals surface area contributed by atoms with Crippen LogP contribution in [0.5, 0.6) is 0 Å². The minimum atomic E-state index is 0.0820. The van der Waals surface area contributed by atoms with Crippen LogP contribution in [0.4, 0.5) is 0 Å². The molecule has 2 rings (SSSR count). The zero-order valence-electron chi connectivity index (χ0n) is 11.1. The van der Waals surface area contributed by atoms with Crippen molar-refractivity contribution in [2.75, 3.05) is 0 Å². The zero-order chi connectivity index (χ0) is 13.1. The smallest absolute Gasteiger partial charge is 0.176 e. The number of hydrogen-bond donors (Lipinski definition) is 0. The van der Waals surface area contributed by atoms with Crippen molar-refractivity contribution in [1.82, 2.24) is 4.90 Å². The highest BCUT2D eigenvalue weighted by atomic mass is 16.1. The Morgan fingerprint density at radius 3 is 2.83 bits per heavy atom. The van der Waals surface area contributed by atoms with Crippen LogP contribution in [0.2, 0.25) is 0 Å². The van der Waals surface area contributed by atoms with Gasteiger partial charge in [0.1, 0.15) is 0 Å². The van der Waals surface area contributed by atoms with Crippen LogP contribution in [0.25, 0.3) is 0 Å². The van der Waals surface area contributed by atoms with Crippen molar-refractivity contribution in [2.24, 2.45) is 10.9 Å². The summed E-state index contributed by atoms with van der Waals surface area (Å²) in [6, 6.07) is 0. The third kappa shape index (κ3) is 2.30. The molecule has 0 radical (unpaired) electrons. The molecule has 0 aromatic rings. The minimum Gasteiger partial charge on any atom is -0.308 e. The van der Waals surface area contributed by atoms with E-state index in [1.54, 1.807) is 13.1 Å². The Morgan fingerprint density at radius 2 is 2.33 bits per heavy atom. The molecule has 1 saturated carbocycles. The van der Waals surface area contributed by atoms with E-state index in [1.807, 2.05) is 24.1 Å². The predicted octanol–water partition coefficient (Wildman–Crippen LogP) is 3.41. The van der Waals surface area contributed by atoms with Crippen LogP contribution in [-0.2, 0) is 4.79 Å². The Bertz CT molecular complexity index is 453. The second kappa shape index (κ2) is 5.34. The maximum absolute atomic E-state index is 11.8. The fourth-order valence-electron chi connectivity index (χ4n) is 2.35. The molecule has 18 heavy (non-hydrogen) atoms. The predicted molar refractivity (Wildman–Crippen MR) is 74.0 cm³/mol. The summed E-state index contributed by atoms with van der Waals surface area (Å²) in [5.74, 6) is 0.609. The Labute approximate surface area is 109 Å². The molecule has 0 N–H and O–H groups in total. The molecule has 96 valence electrons. The van der Waals surface area contributed by atoms with Gasteiger partial charge in [-0.3, -0.25) is 9.79 Å². The summed E-state index contributed by atoms with van der Waals surface area (Å²) in [5.41, 5.74) is 2.64. The van der Waals surface area contributed by atoms with E-state index in [0.29, 0.717) is 5.92 Å². The van der Waals surface area contributed by atoms with Gasteiger partial charge in [0, 0.05) is 24.7 Å². The topological polar surface area (TPSA) is 32.7 Å². The molecule has 0 amide bonds. The average molecular weight is 244 g/mol. The maximum Gasteiger partial charge on any atom is 0.176 e. The van der Waals surface area contributed by atoms with Crippen molar-refractivity contribution < 1.29 is 4.79 Å². The van der Waals surface area contributed by atoms with Gasteiger partial charge in [-0.2, -0.15) is 0 Å². The fourth-order valence-corrected chi connectivity index (χ4v) is 2.35. The lowest BCUT2D eigenvalue weighted by Gasteiger charge is -2.38. The molecule has 0 unspecified atom stereocenters. The second-order valence-electron chi connectivity index (χ2n) is 4.84. The first kappa shape index (κ1) is 12.8. The normalized spacial score (nSPS) is 20.8. The minimum absolute atomic E-state index is 0.0820. The van der Waals surface area contributed by atoms with Crippen LogP contribution < -0.4 is 0 Å². The SMILES string of the molecule is C=C1C=NC=C(C2CCC2)N1/C(=C\CC)C(C)=O. The molecule has 1 fully saturated rings. The molecule has 3 nitrogen and oxygen atoms in total. The molecule has 0 bridgehead atoms. The lowest BCUT2D eigenvalue weighted by atomic mass is 9.82. The van der Waals surface area contributed by atoms with Crippen LogP contribution in [0, 0.1) is 5.92 Å². The number of aliphatic imine (C=N–C) groups is 1. The van der Waals surface area contributed by atoms with E-state index in [0.717, 1.165) is 23.5 Å². The highest BCUT2D eigenvalue weighted by Gasteiger charge is 2.31. The Hall–Kier alpha value is -1.64. The summed E-state index contributed by atoms with van der Waals surface area (Å²) in [4.78, 5) is 18.0. The quantitative estimate of drug-likeness (QED) is 0.710. The first-order valence-electron chi connectivity index (χ1n) is 6.58. The standard InChI is InChI=1S/C15H20N2O/c1-4-6-14(12(3)18)17-11(2)9-16-10-15(17)13-7-5-8-13/h6,9-10,13H,2,4-5,7-8H2,1,3H3/b14-6-. The van der Waals surface area contributed by atoms with Gasteiger partial charge < -0.3 is 4.90 Å². The Kier molecular flexibility index (Phi) is 3.80. The Balaban J connectivity index is 2.34. The molecule has 1 aliphatic carbocycles. The number of hydrogen-bond acceptors (Lipinski definition) is 3. The summed E-state index contributed by atoms with van der Waals surface area (Å²) in [6.45, 7) is 7.66. The van der Waals surface area contributed by atoms with Gasteiger partial charge in [0.2, 0.25) is 0 Å². The summed E-state index contributed by atoms with van der Waals surface area (Å²) in [7, 11) is 0. The molecule has 3 heteroatoms. The highest BCUT2D eigenvalue weighted by molar-refractivity contribution is 5.95. The fraction of sp³-hybridized carbons (Fsp3) is 0.467. The molecular formula is C15H20N2O. The van der Waals surface area contributed by atoms with E-state index in [-0.39, 0.29) is 5.78 Å². The number of nitrogens with zero attached hydrogens (tertiary/aromatic N) is 2.